The van der Waals surface area contributed by atoms with Gasteiger partial charge in [0.25, 0.3) is 0 Å². The number of benzene rings is 1. The van der Waals surface area contributed by atoms with Gasteiger partial charge in [-0.1, -0.05) is 18.2 Å². The summed E-state index contributed by atoms with van der Waals surface area (Å²) in [6.07, 6.45) is 2.32. The predicted octanol–water partition coefficient (Wildman–Crippen LogP) is 2.13. The van der Waals surface area contributed by atoms with Crippen molar-refractivity contribution < 1.29 is 4.74 Å². The molecule has 3 rings (SSSR count). The van der Waals surface area contributed by atoms with Crippen LogP contribution in [0.2, 0.25) is 0 Å². The molecule has 0 aliphatic carbocycles. The van der Waals surface area contributed by atoms with Gasteiger partial charge in [-0.05, 0) is 11.6 Å². The lowest BCUT2D eigenvalue weighted by Crippen LogP contribution is -2.10. The first kappa shape index (κ1) is 9.15. The summed E-state index contributed by atoms with van der Waals surface area (Å²) in [6, 6.07) is 8.18. The summed E-state index contributed by atoms with van der Waals surface area (Å²) in [7, 11) is 1.63. The number of para-hydroxylation sites is 1. The quantitative estimate of drug-likeness (QED) is 0.672. The van der Waals surface area contributed by atoms with Crippen LogP contribution >= 0.6 is 0 Å². The molecule has 0 fully saturated rings. The van der Waals surface area contributed by atoms with Crippen molar-refractivity contribution in [2.24, 2.45) is 0 Å². The van der Waals surface area contributed by atoms with Gasteiger partial charge < -0.3 is 10.1 Å². The van der Waals surface area contributed by atoms with Gasteiger partial charge in [0.15, 0.2) is 0 Å². The van der Waals surface area contributed by atoms with Gasteiger partial charge in [-0.25, -0.2) is 9.97 Å². The van der Waals surface area contributed by atoms with Crippen LogP contribution in [0.25, 0.3) is 0 Å². The van der Waals surface area contributed by atoms with E-state index in [0.29, 0.717) is 5.88 Å². The highest BCUT2D eigenvalue weighted by molar-refractivity contribution is 5.70. The van der Waals surface area contributed by atoms with Crippen molar-refractivity contribution in [2.75, 3.05) is 12.4 Å². The average molecular weight is 213 g/mol. The summed E-state index contributed by atoms with van der Waals surface area (Å²) in [6.45, 7) is 0. The molecular formula is C12H11N3O. The summed E-state index contributed by atoms with van der Waals surface area (Å²) in [4.78, 5) is 8.33. The van der Waals surface area contributed by atoms with Gasteiger partial charge in [0.2, 0.25) is 5.88 Å². The summed E-state index contributed by atoms with van der Waals surface area (Å²) >= 11 is 0. The van der Waals surface area contributed by atoms with Crippen molar-refractivity contribution in [2.45, 2.75) is 6.42 Å². The number of nitrogens with one attached hydrogen (secondary N) is 1. The molecule has 0 saturated heterocycles. The largest absolute Gasteiger partial charge is 0.481 e. The Hall–Kier alpha value is -2.10. The zero-order valence-electron chi connectivity index (χ0n) is 8.90. The van der Waals surface area contributed by atoms with E-state index in [0.717, 1.165) is 23.5 Å². The zero-order valence-corrected chi connectivity index (χ0v) is 8.90. The summed E-state index contributed by atoms with van der Waals surface area (Å²) < 4.78 is 5.24. The van der Waals surface area contributed by atoms with Crippen LogP contribution < -0.4 is 10.1 Å². The van der Waals surface area contributed by atoms with E-state index in [2.05, 4.69) is 21.4 Å². The average Bonchev–Trinajstić information content (AvgIpc) is 2.35. The molecule has 2 heterocycles. The fraction of sp³-hybridized carbons (Fsp3) is 0.167. The highest BCUT2D eigenvalue weighted by Crippen LogP contribution is 2.34. The van der Waals surface area contributed by atoms with Crippen LogP contribution in [0.5, 0.6) is 5.88 Å². The Morgan fingerprint density at radius 3 is 3.00 bits per heavy atom. The number of ether oxygens (including phenoxy) is 1. The Morgan fingerprint density at radius 1 is 1.25 bits per heavy atom. The summed E-state index contributed by atoms with van der Waals surface area (Å²) in [5.41, 5.74) is 3.36. The first-order valence-electron chi connectivity index (χ1n) is 5.11. The summed E-state index contributed by atoms with van der Waals surface area (Å²) in [5.74, 6) is 1.48. The Balaban J connectivity index is 2.12. The molecule has 1 aromatic heterocycles. The molecule has 1 aliphatic heterocycles. The van der Waals surface area contributed by atoms with Crippen LogP contribution in [0.3, 0.4) is 0 Å². The Bertz CT molecular complexity index is 540. The molecule has 1 N–H and O–H groups in total. The number of anilines is 2. The fourth-order valence-electron chi connectivity index (χ4n) is 1.95. The second kappa shape index (κ2) is 3.48. The maximum Gasteiger partial charge on any atom is 0.221 e. The second-order valence-electron chi connectivity index (χ2n) is 3.67. The van der Waals surface area contributed by atoms with Gasteiger partial charge in [0.1, 0.15) is 12.1 Å². The van der Waals surface area contributed by atoms with Crippen LogP contribution in [0.4, 0.5) is 11.5 Å². The standard InChI is InChI=1S/C12H11N3O/c1-16-12-9-6-8-4-2-3-5-10(8)15-11(9)13-7-14-12/h2-5,7H,6H2,1H3,(H,13,14,15). The van der Waals surface area contributed by atoms with Crippen molar-refractivity contribution in [3.8, 4) is 5.88 Å². The first-order valence-corrected chi connectivity index (χ1v) is 5.11. The van der Waals surface area contributed by atoms with E-state index >= 15 is 0 Å². The topological polar surface area (TPSA) is 47.0 Å². The molecule has 0 bridgehead atoms. The van der Waals surface area contributed by atoms with E-state index in [1.807, 2.05) is 18.2 Å². The number of aromatic nitrogens is 2. The third kappa shape index (κ3) is 1.31. The van der Waals surface area contributed by atoms with E-state index in [4.69, 9.17) is 4.74 Å². The fourth-order valence-corrected chi connectivity index (χ4v) is 1.95. The maximum absolute atomic E-state index is 5.24. The third-order valence-corrected chi connectivity index (χ3v) is 2.74. The lowest BCUT2D eigenvalue weighted by atomic mass is 10.0. The van der Waals surface area contributed by atoms with Gasteiger partial charge >= 0.3 is 0 Å². The monoisotopic (exact) mass is 213 g/mol. The van der Waals surface area contributed by atoms with Gasteiger partial charge in [-0.2, -0.15) is 0 Å². The molecule has 0 radical (unpaired) electrons. The van der Waals surface area contributed by atoms with Crippen molar-refractivity contribution in [1.29, 1.82) is 0 Å². The minimum absolute atomic E-state index is 0.645. The molecule has 4 heteroatoms. The molecular weight excluding hydrogens is 202 g/mol. The van der Waals surface area contributed by atoms with Crippen molar-refractivity contribution >= 4 is 11.5 Å². The molecule has 0 spiro atoms. The van der Waals surface area contributed by atoms with Crippen LogP contribution in [0.1, 0.15) is 11.1 Å². The molecule has 1 aliphatic rings. The SMILES string of the molecule is COc1ncnc2c1Cc1ccccc1N2. The van der Waals surface area contributed by atoms with E-state index in [1.165, 1.54) is 11.9 Å². The van der Waals surface area contributed by atoms with E-state index in [1.54, 1.807) is 7.11 Å². The third-order valence-electron chi connectivity index (χ3n) is 2.74. The molecule has 16 heavy (non-hydrogen) atoms. The molecule has 0 saturated carbocycles. The molecule has 0 atom stereocenters. The molecule has 80 valence electrons. The lowest BCUT2D eigenvalue weighted by Gasteiger charge is -2.20. The number of hydrogen-bond acceptors (Lipinski definition) is 4. The number of hydrogen-bond donors (Lipinski definition) is 1. The number of nitrogens with zero attached hydrogens (tertiary/aromatic N) is 2. The van der Waals surface area contributed by atoms with Gasteiger partial charge in [0, 0.05) is 12.1 Å². The normalized spacial score (nSPS) is 12.3. The predicted molar refractivity (Wildman–Crippen MR) is 61.1 cm³/mol. The minimum atomic E-state index is 0.645. The molecule has 1 aromatic carbocycles. The smallest absolute Gasteiger partial charge is 0.221 e. The number of rotatable bonds is 1. The van der Waals surface area contributed by atoms with Crippen LogP contribution in [0, 0.1) is 0 Å². The summed E-state index contributed by atoms with van der Waals surface area (Å²) in [5, 5.41) is 3.28. The van der Waals surface area contributed by atoms with Crippen LogP contribution in [-0.2, 0) is 6.42 Å². The Morgan fingerprint density at radius 2 is 2.12 bits per heavy atom. The highest BCUT2D eigenvalue weighted by Gasteiger charge is 2.19. The zero-order chi connectivity index (χ0) is 11.0. The second-order valence-corrected chi connectivity index (χ2v) is 3.67. The molecule has 0 amide bonds. The van der Waals surface area contributed by atoms with Crippen LogP contribution in [0.15, 0.2) is 30.6 Å². The van der Waals surface area contributed by atoms with E-state index in [-0.39, 0.29) is 0 Å². The number of methoxy groups -OCH3 is 1. The van der Waals surface area contributed by atoms with Crippen molar-refractivity contribution in [3.63, 3.8) is 0 Å². The van der Waals surface area contributed by atoms with Gasteiger partial charge in [-0.15, -0.1) is 0 Å². The molecule has 0 unspecified atom stereocenters. The molecule has 4 nitrogen and oxygen atoms in total. The highest BCUT2D eigenvalue weighted by atomic mass is 16.5. The molecule has 2 aromatic rings. The maximum atomic E-state index is 5.24. The van der Waals surface area contributed by atoms with Crippen molar-refractivity contribution in [3.05, 3.63) is 41.7 Å². The minimum Gasteiger partial charge on any atom is -0.481 e. The number of fused-ring (bicyclic) bond motifs is 2. The van der Waals surface area contributed by atoms with Gasteiger partial charge in [-0.3, -0.25) is 0 Å². The lowest BCUT2D eigenvalue weighted by molar-refractivity contribution is 0.392. The first-order chi connectivity index (χ1) is 7.88. The van der Waals surface area contributed by atoms with Crippen molar-refractivity contribution in [1.82, 2.24) is 9.97 Å². The Kier molecular flexibility index (Phi) is 1.99. The van der Waals surface area contributed by atoms with Crippen LogP contribution in [-0.4, -0.2) is 17.1 Å². The Labute approximate surface area is 93.3 Å². The van der Waals surface area contributed by atoms with Gasteiger partial charge in [0.05, 0.1) is 12.7 Å². The van der Waals surface area contributed by atoms with E-state index in [9.17, 15) is 0 Å². The van der Waals surface area contributed by atoms with E-state index < -0.39 is 0 Å².